The van der Waals surface area contributed by atoms with Gasteiger partial charge in [0.2, 0.25) is 0 Å². The standard InChI is InChI=1S/C12H10F2N2O2S/c13-10-5-2-6-11(12(10)14)16-19(17,18)9-4-1-3-8(15)7-9/h1-7,16H,15H2. The van der Waals surface area contributed by atoms with Gasteiger partial charge in [0.05, 0.1) is 10.6 Å². The lowest BCUT2D eigenvalue weighted by Gasteiger charge is -2.09. The molecule has 3 N–H and O–H groups in total. The normalized spacial score (nSPS) is 11.3. The highest BCUT2D eigenvalue weighted by atomic mass is 32.2. The number of nitrogens with one attached hydrogen (secondary N) is 1. The Kier molecular flexibility index (Phi) is 3.39. The third-order valence-corrected chi connectivity index (χ3v) is 3.73. The number of hydrogen-bond acceptors (Lipinski definition) is 3. The number of hydrogen-bond donors (Lipinski definition) is 2. The molecule has 19 heavy (non-hydrogen) atoms. The molecule has 0 unspecified atom stereocenters. The van der Waals surface area contributed by atoms with Crippen molar-refractivity contribution in [3.05, 3.63) is 54.1 Å². The van der Waals surface area contributed by atoms with Gasteiger partial charge in [0.1, 0.15) is 0 Å². The molecule has 0 aliphatic rings. The van der Waals surface area contributed by atoms with Gasteiger partial charge in [0.25, 0.3) is 10.0 Å². The third-order valence-electron chi connectivity index (χ3n) is 2.36. The molecule has 0 radical (unpaired) electrons. The van der Waals surface area contributed by atoms with Crippen molar-refractivity contribution in [2.75, 3.05) is 10.5 Å². The summed E-state index contributed by atoms with van der Waals surface area (Å²) in [7, 11) is -4.01. The van der Waals surface area contributed by atoms with E-state index in [9.17, 15) is 17.2 Å². The van der Waals surface area contributed by atoms with Crippen LogP contribution in [-0.2, 0) is 10.0 Å². The van der Waals surface area contributed by atoms with Gasteiger partial charge in [-0.2, -0.15) is 0 Å². The van der Waals surface area contributed by atoms with Crippen LogP contribution in [0.3, 0.4) is 0 Å². The molecule has 0 amide bonds. The first-order valence-corrected chi connectivity index (χ1v) is 6.71. The molecule has 2 aromatic carbocycles. The zero-order valence-corrected chi connectivity index (χ0v) is 10.4. The van der Waals surface area contributed by atoms with E-state index in [2.05, 4.69) is 0 Å². The van der Waals surface area contributed by atoms with Gasteiger partial charge in [-0.25, -0.2) is 17.2 Å². The molecule has 0 saturated heterocycles. The number of nitrogen functional groups attached to an aromatic ring is 1. The van der Waals surface area contributed by atoms with E-state index in [0.717, 1.165) is 12.1 Å². The predicted molar refractivity (Wildman–Crippen MR) is 68.0 cm³/mol. The first-order valence-electron chi connectivity index (χ1n) is 5.22. The topological polar surface area (TPSA) is 72.2 Å². The molecule has 0 bridgehead atoms. The van der Waals surface area contributed by atoms with E-state index in [1.165, 1.54) is 30.3 Å². The summed E-state index contributed by atoms with van der Waals surface area (Å²) in [6.45, 7) is 0. The second-order valence-electron chi connectivity index (χ2n) is 3.78. The van der Waals surface area contributed by atoms with Crippen LogP contribution in [0.1, 0.15) is 0 Å². The van der Waals surface area contributed by atoms with Crippen LogP contribution >= 0.6 is 0 Å². The van der Waals surface area contributed by atoms with Gasteiger partial charge in [0.15, 0.2) is 11.6 Å². The molecule has 0 spiro atoms. The van der Waals surface area contributed by atoms with Crippen LogP contribution in [0.25, 0.3) is 0 Å². The van der Waals surface area contributed by atoms with Gasteiger partial charge in [0, 0.05) is 5.69 Å². The van der Waals surface area contributed by atoms with E-state index >= 15 is 0 Å². The third kappa shape index (κ3) is 2.82. The Bertz CT molecular complexity index is 717. The molecule has 0 fully saturated rings. The lowest BCUT2D eigenvalue weighted by molar-refractivity contribution is 0.511. The summed E-state index contributed by atoms with van der Waals surface area (Å²) in [6, 6.07) is 8.72. The van der Waals surface area contributed by atoms with Crippen molar-refractivity contribution in [2.45, 2.75) is 4.90 Å². The second-order valence-corrected chi connectivity index (χ2v) is 5.46. The van der Waals surface area contributed by atoms with Crippen LogP contribution in [0.4, 0.5) is 20.2 Å². The van der Waals surface area contributed by atoms with E-state index < -0.39 is 27.3 Å². The second kappa shape index (κ2) is 4.85. The molecule has 0 saturated carbocycles. The molecule has 2 rings (SSSR count). The SMILES string of the molecule is Nc1cccc(S(=O)(=O)Nc2cccc(F)c2F)c1. The fraction of sp³-hybridized carbons (Fsp3) is 0. The van der Waals surface area contributed by atoms with Crippen molar-refractivity contribution in [3.8, 4) is 0 Å². The molecule has 4 nitrogen and oxygen atoms in total. The van der Waals surface area contributed by atoms with Crippen molar-refractivity contribution in [3.63, 3.8) is 0 Å². The van der Waals surface area contributed by atoms with Crippen LogP contribution in [0.5, 0.6) is 0 Å². The number of sulfonamides is 1. The average molecular weight is 284 g/mol. The van der Waals surface area contributed by atoms with E-state index in [0.29, 0.717) is 0 Å². The van der Waals surface area contributed by atoms with E-state index in [-0.39, 0.29) is 10.6 Å². The number of nitrogens with two attached hydrogens (primary N) is 1. The summed E-state index contributed by atoms with van der Waals surface area (Å²) < 4.78 is 52.3. The van der Waals surface area contributed by atoms with Crippen molar-refractivity contribution in [2.24, 2.45) is 0 Å². The number of rotatable bonds is 3. The van der Waals surface area contributed by atoms with Crippen LogP contribution < -0.4 is 10.5 Å². The summed E-state index contributed by atoms with van der Waals surface area (Å²) in [6.07, 6.45) is 0. The average Bonchev–Trinajstić information content (AvgIpc) is 2.35. The molecule has 0 aliphatic carbocycles. The highest BCUT2D eigenvalue weighted by Gasteiger charge is 2.17. The zero-order chi connectivity index (χ0) is 14.0. The highest BCUT2D eigenvalue weighted by molar-refractivity contribution is 7.92. The molecule has 2 aromatic rings. The Balaban J connectivity index is 2.39. The minimum atomic E-state index is -4.01. The van der Waals surface area contributed by atoms with Crippen LogP contribution in [-0.4, -0.2) is 8.42 Å². The van der Waals surface area contributed by atoms with Gasteiger partial charge in [-0.15, -0.1) is 0 Å². The maximum absolute atomic E-state index is 13.4. The number of anilines is 2. The van der Waals surface area contributed by atoms with Gasteiger partial charge in [-0.3, -0.25) is 4.72 Å². The smallest absolute Gasteiger partial charge is 0.262 e. The fourth-order valence-corrected chi connectivity index (χ4v) is 2.58. The monoisotopic (exact) mass is 284 g/mol. The maximum atomic E-state index is 13.4. The molecule has 0 aliphatic heterocycles. The summed E-state index contributed by atoms with van der Waals surface area (Å²) in [5.74, 6) is -2.39. The van der Waals surface area contributed by atoms with Gasteiger partial charge in [-0.1, -0.05) is 12.1 Å². The lowest BCUT2D eigenvalue weighted by Crippen LogP contribution is -2.14. The van der Waals surface area contributed by atoms with Crippen molar-refractivity contribution >= 4 is 21.4 Å². The zero-order valence-electron chi connectivity index (χ0n) is 9.60. The summed E-state index contributed by atoms with van der Waals surface area (Å²) in [5, 5.41) is 0. The minimum absolute atomic E-state index is 0.129. The first-order chi connectivity index (χ1) is 8.90. The summed E-state index contributed by atoms with van der Waals surface area (Å²) in [4.78, 5) is -0.129. The predicted octanol–water partition coefficient (Wildman–Crippen LogP) is 2.35. The molecule has 100 valence electrons. The Morgan fingerprint density at radius 2 is 1.74 bits per heavy atom. The van der Waals surface area contributed by atoms with Gasteiger partial charge in [-0.05, 0) is 30.3 Å². The van der Waals surface area contributed by atoms with E-state index in [4.69, 9.17) is 5.73 Å². The number of benzene rings is 2. The number of halogens is 2. The van der Waals surface area contributed by atoms with Crippen LogP contribution in [0.2, 0.25) is 0 Å². The van der Waals surface area contributed by atoms with E-state index in [1.54, 1.807) is 0 Å². The minimum Gasteiger partial charge on any atom is -0.399 e. The van der Waals surface area contributed by atoms with Crippen LogP contribution in [0.15, 0.2) is 47.4 Å². The Morgan fingerprint density at radius 3 is 2.42 bits per heavy atom. The Hall–Kier alpha value is -2.15. The van der Waals surface area contributed by atoms with Crippen LogP contribution in [0, 0.1) is 11.6 Å². The van der Waals surface area contributed by atoms with E-state index in [1.807, 2.05) is 4.72 Å². The van der Waals surface area contributed by atoms with Crippen molar-refractivity contribution in [1.82, 2.24) is 0 Å². The van der Waals surface area contributed by atoms with Crippen molar-refractivity contribution in [1.29, 1.82) is 0 Å². The molecular formula is C12H10F2N2O2S. The molecular weight excluding hydrogens is 274 g/mol. The molecule has 0 heterocycles. The van der Waals surface area contributed by atoms with Gasteiger partial charge >= 0.3 is 0 Å². The van der Waals surface area contributed by atoms with Crippen molar-refractivity contribution < 1.29 is 17.2 Å². The molecule has 0 aromatic heterocycles. The highest BCUT2D eigenvalue weighted by Crippen LogP contribution is 2.21. The fourth-order valence-electron chi connectivity index (χ4n) is 1.47. The largest absolute Gasteiger partial charge is 0.399 e. The Morgan fingerprint density at radius 1 is 1.05 bits per heavy atom. The lowest BCUT2D eigenvalue weighted by atomic mass is 10.3. The Labute approximate surface area is 108 Å². The maximum Gasteiger partial charge on any atom is 0.262 e. The summed E-state index contributed by atoms with van der Waals surface area (Å²) >= 11 is 0. The quantitative estimate of drug-likeness (QED) is 0.850. The molecule has 7 heteroatoms. The molecule has 0 atom stereocenters. The first kappa shape index (κ1) is 13.3. The van der Waals surface area contributed by atoms with Gasteiger partial charge < -0.3 is 5.73 Å². The summed E-state index contributed by atoms with van der Waals surface area (Å²) in [5.41, 5.74) is 5.27.